The van der Waals surface area contributed by atoms with Crippen molar-refractivity contribution in [2.75, 3.05) is 12.4 Å². The van der Waals surface area contributed by atoms with Crippen LogP contribution in [0.15, 0.2) is 48.8 Å². The fourth-order valence-corrected chi connectivity index (χ4v) is 3.02. The van der Waals surface area contributed by atoms with Gasteiger partial charge in [0.05, 0.1) is 18.5 Å². The third-order valence-electron chi connectivity index (χ3n) is 3.17. The van der Waals surface area contributed by atoms with Crippen LogP contribution in [0.5, 0.6) is 5.75 Å². The molecule has 0 atom stereocenters. The minimum Gasteiger partial charge on any atom is -0.495 e. The number of nitrogens with one attached hydrogen (secondary N) is 1. The van der Waals surface area contributed by atoms with E-state index in [0.29, 0.717) is 22.0 Å². The number of carbonyl (C=O) groups is 1. The zero-order chi connectivity index (χ0) is 15.5. The molecule has 2 heterocycles. The van der Waals surface area contributed by atoms with Crippen LogP contribution in [0, 0.1) is 6.92 Å². The quantitative estimate of drug-likeness (QED) is 0.802. The van der Waals surface area contributed by atoms with Gasteiger partial charge in [-0.2, -0.15) is 0 Å². The molecule has 0 saturated carbocycles. The molecule has 0 unspecified atom stereocenters. The van der Waals surface area contributed by atoms with Gasteiger partial charge < -0.3 is 14.6 Å². The molecule has 6 heteroatoms. The molecule has 22 heavy (non-hydrogen) atoms. The number of amides is 1. The Morgan fingerprint density at radius 1 is 1.23 bits per heavy atom. The normalized spacial score (nSPS) is 10.5. The average Bonchev–Trinajstić information content (AvgIpc) is 3.17. The zero-order valence-electron chi connectivity index (χ0n) is 12.2. The van der Waals surface area contributed by atoms with E-state index < -0.39 is 0 Å². The molecule has 1 N–H and O–H groups in total. The van der Waals surface area contributed by atoms with Crippen molar-refractivity contribution in [2.24, 2.45) is 0 Å². The molecule has 112 valence electrons. The number of rotatable bonds is 4. The van der Waals surface area contributed by atoms with E-state index in [-0.39, 0.29) is 5.91 Å². The number of thiazole rings is 1. The summed E-state index contributed by atoms with van der Waals surface area (Å²) in [7, 11) is 1.58. The van der Waals surface area contributed by atoms with Crippen LogP contribution in [0.3, 0.4) is 0 Å². The van der Waals surface area contributed by atoms with Gasteiger partial charge in [-0.1, -0.05) is 23.5 Å². The number of nitrogens with zero attached hydrogens (tertiary/aromatic N) is 2. The van der Waals surface area contributed by atoms with Crippen molar-refractivity contribution in [2.45, 2.75) is 6.92 Å². The van der Waals surface area contributed by atoms with E-state index in [9.17, 15) is 4.79 Å². The number of ether oxygens (including phenoxy) is 1. The van der Waals surface area contributed by atoms with E-state index in [0.717, 1.165) is 5.13 Å². The lowest BCUT2D eigenvalue weighted by Crippen LogP contribution is -2.12. The van der Waals surface area contributed by atoms with E-state index in [1.165, 1.54) is 11.3 Å². The number of carbonyl (C=O) groups excluding carboxylic acids is 1. The van der Waals surface area contributed by atoms with E-state index in [4.69, 9.17) is 4.74 Å². The van der Waals surface area contributed by atoms with Gasteiger partial charge in [-0.15, -0.1) is 0 Å². The number of anilines is 1. The lowest BCUT2D eigenvalue weighted by molar-refractivity contribution is 0.102. The summed E-state index contributed by atoms with van der Waals surface area (Å²) in [5.41, 5.74) is 1.35. The molecular formula is C16H15N3O2S. The van der Waals surface area contributed by atoms with Crippen molar-refractivity contribution in [1.82, 2.24) is 9.55 Å². The predicted octanol–water partition coefficient (Wildman–Crippen LogP) is 3.50. The molecule has 0 saturated heterocycles. The number of hydrogen-bond acceptors (Lipinski definition) is 4. The standard InChI is InChI=1S/C16H15N3O2S/c1-11-14(22-16(17-11)19-9-5-6-10-19)15(20)18-12-7-3-4-8-13(12)21-2/h3-10H,1-2H3,(H,18,20). The third-order valence-corrected chi connectivity index (χ3v) is 4.34. The summed E-state index contributed by atoms with van der Waals surface area (Å²) >= 11 is 1.36. The summed E-state index contributed by atoms with van der Waals surface area (Å²) in [6.07, 6.45) is 3.81. The Bertz CT molecular complexity index is 794. The third kappa shape index (κ3) is 2.73. The highest BCUT2D eigenvalue weighted by molar-refractivity contribution is 7.16. The highest BCUT2D eigenvalue weighted by Crippen LogP contribution is 2.26. The Morgan fingerprint density at radius 3 is 2.68 bits per heavy atom. The molecule has 3 aromatic rings. The topological polar surface area (TPSA) is 56.1 Å². The van der Waals surface area contributed by atoms with Gasteiger partial charge >= 0.3 is 0 Å². The lowest BCUT2D eigenvalue weighted by atomic mass is 10.3. The Balaban J connectivity index is 1.87. The SMILES string of the molecule is COc1ccccc1NC(=O)c1sc(-n2cccc2)nc1C. The first-order chi connectivity index (χ1) is 10.7. The smallest absolute Gasteiger partial charge is 0.267 e. The van der Waals surface area contributed by atoms with Gasteiger partial charge in [-0.25, -0.2) is 4.98 Å². The van der Waals surface area contributed by atoms with E-state index in [1.807, 2.05) is 48.1 Å². The average molecular weight is 313 g/mol. The fraction of sp³-hybridized carbons (Fsp3) is 0.125. The highest BCUT2D eigenvalue weighted by atomic mass is 32.1. The monoisotopic (exact) mass is 313 g/mol. The second-order valence-corrected chi connectivity index (χ2v) is 5.63. The first kappa shape index (κ1) is 14.3. The lowest BCUT2D eigenvalue weighted by Gasteiger charge is -2.08. The number of methoxy groups -OCH3 is 1. The van der Waals surface area contributed by atoms with Gasteiger partial charge in [0, 0.05) is 12.4 Å². The number of benzene rings is 1. The number of hydrogen-bond donors (Lipinski definition) is 1. The van der Waals surface area contributed by atoms with Gasteiger partial charge in [0.15, 0.2) is 5.13 Å². The van der Waals surface area contributed by atoms with Crippen molar-refractivity contribution >= 4 is 22.9 Å². The van der Waals surface area contributed by atoms with Crippen molar-refractivity contribution in [1.29, 1.82) is 0 Å². The summed E-state index contributed by atoms with van der Waals surface area (Å²) in [5.74, 6) is 0.446. The summed E-state index contributed by atoms with van der Waals surface area (Å²) < 4.78 is 7.13. The number of aryl methyl sites for hydroxylation is 1. The summed E-state index contributed by atoms with van der Waals surface area (Å²) in [6.45, 7) is 1.83. The predicted molar refractivity (Wildman–Crippen MR) is 87.1 cm³/mol. The zero-order valence-corrected chi connectivity index (χ0v) is 13.1. The van der Waals surface area contributed by atoms with Gasteiger partial charge in [0.25, 0.3) is 5.91 Å². The van der Waals surface area contributed by atoms with Crippen LogP contribution >= 0.6 is 11.3 Å². The molecule has 0 spiro atoms. The molecule has 0 radical (unpaired) electrons. The molecule has 0 aliphatic heterocycles. The van der Waals surface area contributed by atoms with Gasteiger partial charge in [-0.3, -0.25) is 4.79 Å². The van der Waals surface area contributed by atoms with Crippen LogP contribution in [-0.4, -0.2) is 22.6 Å². The summed E-state index contributed by atoms with van der Waals surface area (Å²) in [6, 6.07) is 11.2. The Morgan fingerprint density at radius 2 is 1.95 bits per heavy atom. The molecule has 0 fully saturated rings. The van der Waals surface area contributed by atoms with Crippen molar-refractivity contribution in [3.8, 4) is 10.9 Å². The van der Waals surface area contributed by atoms with Gasteiger partial charge in [0.2, 0.25) is 0 Å². The molecule has 0 bridgehead atoms. The van der Waals surface area contributed by atoms with Gasteiger partial charge in [-0.05, 0) is 31.2 Å². The minimum absolute atomic E-state index is 0.182. The van der Waals surface area contributed by atoms with Crippen LogP contribution < -0.4 is 10.1 Å². The number of para-hydroxylation sites is 2. The maximum absolute atomic E-state index is 12.5. The Labute approximate surface area is 132 Å². The highest BCUT2D eigenvalue weighted by Gasteiger charge is 2.17. The Hall–Kier alpha value is -2.60. The molecule has 1 aromatic carbocycles. The first-order valence-corrected chi connectivity index (χ1v) is 7.56. The van der Waals surface area contributed by atoms with Crippen LogP contribution in [0.1, 0.15) is 15.4 Å². The van der Waals surface area contributed by atoms with Crippen LogP contribution in [0.4, 0.5) is 5.69 Å². The summed E-state index contributed by atoms with van der Waals surface area (Å²) in [4.78, 5) is 17.5. The first-order valence-electron chi connectivity index (χ1n) is 6.74. The van der Waals surface area contributed by atoms with E-state index in [1.54, 1.807) is 19.2 Å². The van der Waals surface area contributed by atoms with Crippen molar-refractivity contribution in [3.63, 3.8) is 0 Å². The van der Waals surface area contributed by atoms with Crippen molar-refractivity contribution < 1.29 is 9.53 Å². The maximum Gasteiger partial charge on any atom is 0.267 e. The molecular weight excluding hydrogens is 298 g/mol. The van der Waals surface area contributed by atoms with E-state index >= 15 is 0 Å². The largest absolute Gasteiger partial charge is 0.495 e. The Kier molecular flexibility index (Phi) is 3.93. The molecule has 2 aromatic heterocycles. The van der Waals surface area contributed by atoms with Crippen molar-refractivity contribution in [3.05, 3.63) is 59.4 Å². The van der Waals surface area contributed by atoms with Crippen LogP contribution in [-0.2, 0) is 0 Å². The van der Waals surface area contributed by atoms with Gasteiger partial charge in [0.1, 0.15) is 10.6 Å². The van der Waals surface area contributed by atoms with E-state index in [2.05, 4.69) is 10.3 Å². The molecule has 5 nitrogen and oxygen atoms in total. The van der Waals surface area contributed by atoms with Crippen LogP contribution in [0.2, 0.25) is 0 Å². The van der Waals surface area contributed by atoms with Crippen LogP contribution in [0.25, 0.3) is 5.13 Å². The molecule has 1 amide bonds. The molecule has 3 rings (SSSR count). The second kappa shape index (κ2) is 6.03. The molecule has 0 aliphatic carbocycles. The second-order valence-electron chi connectivity index (χ2n) is 4.66. The summed E-state index contributed by atoms with van der Waals surface area (Å²) in [5, 5.41) is 3.65. The molecule has 0 aliphatic rings. The minimum atomic E-state index is -0.182. The number of aromatic nitrogens is 2. The fourth-order valence-electron chi connectivity index (χ4n) is 2.09. The maximum atomic E-state index is 12.5.